The Morgan fingerprint density at radius 2 is 1.06 bits per heavy atom. The highest BCUT2D eigenvalue weighted by Crippen LogP contribution is 2.45. The summed E-state index contributed by atoms with van der Waals surface area (Å²) in [5, 5.41) is 0. The van der Waals surface area contributed by atoms with Gasteiger partial charge in [0.15, 0.2) is 0 Å². The molecule has 34 heavy (non-hydrogen) atoms. The summed E-state index contributed by atoms with van der Waals surface area (Å²) >= 11 is 0. The lowest BCUT2D eigenvalue weighted by Gasteiger charge is -2.40. The highest BCUT2D eigenvalue weighted by Gasteiger charge is 2.44. The van der Waals surface area contributed by atoms with Crippen LogP contribution >= 0.6 is 0 Å². The van der Waals surface area contributed by atoms with Crippen LogP contribution in [0, 0.1) is 11.6 Å². The average Bonchev–Trinajstić information content (AvgIpc) is 3.38. The van der Waals surface area contributed by atoms with Gasteiger partial charge in [0.25, 0.3) is 0 Å². The van der Waals surface area contributed by atoms with E-state index in [-0.39, 0.29) is 22.8 Å². The monoisotopic (exact) mass is 468 g/mol. The van der Waals surface area contributed by atoms with Crippen LogP contribution in [-0.4, -0.2) is 49.1 Å². The molecule has 4 aliphatic heterocycles. The summed E-state index contributed by atoms with van der Waals surface area (Å²) in [6.07, 6.45) is 6.15. The summed E-state index contributed by atoms with van der Waals surface area (Å²) in [6, 6.07) is 10.2. The van der Waals surface area contributed by atoms with Crippen molar-refractivity contribution in [1.82, 2.24) is 9.80 Å². The van der Waals surface area contributed by atoms with Crippen LogP contribution in [-0.2, 0) is 33.9 Å². The zero-order valence-corrected chi connectivity index (χ0v) is 19.8. The van der Waals surface area contributed by atoms with Crippen LogP contribution in [0.15, 0.2) is 36.4 Å². The summed E-state index contributed by atoms with van der Waals surface area (Å²) in [6.45, 7) is 7.48. The largest absolute Gasteiger partial charge is 0.365 e. The van der Waals surface area contributed by atoms with Gasteiger partial charge >= 0.3 is 0 Å². The van der Waals surface area contributed by atoms with E-state index in [1.54, 1.807) is 12.1 Å². The maximum Gasteiger partial charge on any atom is 0.123 e. The van der Waals surface area contributed by atoms with Crippen LogP contribution in [0.1, 0.15) is 60.8 Å². The lowest BCUT2D eigenvalue weighted by atomic mass is 9.83. The Balaban J connectivity index is 0.936. The molecule has 0 amide bonds. The first-order valence-electron chi connectivity index (χ1n) is 12.9. The van der Waals surface area contributed by atoms with Crippen molar-refractivity contribution < 1.29 is 18.3 Å². The molecular weight excluding hydrogens is 434 g/mol. The molecular formula is C28H34F2N2O2. The van der Waals surface area contributed by atoms with E-state index in [1.165, 1.54) is 25.0 Å². The third-order valence-corrected chi connectivity index (χ3v) is 8.66. The van der Waals surface area contributed by atoms with Crippen LogP contribution in [0.5, 0.6) is 0 Å². The Kier molecular flexibility index (Phi) is 5.96. The highest BCUT2D eigenvalue weighted by molar-refractivity contribution is 5.37. The number of hydrogen-bond acceptors (Lipinski definition) is 4. The van der Waals surface area contributed by atoms with Crippen molar-refractivity contribution >= 4 is 0 Å². The van der Waals surface area contributed by atoms with Gasteiger partial charge < -0.3 is 19.3 Å². The van der Waals surface area contributed by atoms with Crippen LogP contribution in [0.4, 0.5) is 8.78 Å². The van der Waals surface area contributed by atoms with Gasteiger partial charge in [-0.05, 0) is 98.1 Å². The number of ether oxygens (including phenoxy) is 2. The van der Waals surface area contributed by atoms with Crippen molar-refractivity contribution in [2.45, 2.75) is 62.9 Å². The van der Waals surface area contributed by atoms with Gasteiger partial charge in [-0.15, -0.1) is 0 Å². The molecule has 2 aromatic rings. The van der Waals surface area contributed by atoms with Gasteiger partial charge in [-0.1, -0.05) is 12.1 Å². The van der Waals surface area contributed by atoms with Crippen molar-refractivity contribution in [1.29, 1.82) is 0 Å². The molecule has 182 valence electrons. The Labute approximate surface area is 200 Å². The van der Waals surface area contributed by atoms with Gasteiger partial charge in [-0.3, -0.25) is 0 Å². The van der Waals surface area contributed by atoms with Crippen molar-refractivity contribution in [3.05, 3.63) is 70.3 Å². The Morgan fingerprint density at radius 3 is 1.47 bits per heavy atom. The fourth-order valence-corrected chi connectivity index (χ4v) is 6.56. The number of unbranched alkanes of at least 4 members (excludes halogenated alkanes) is 1. The molecule has 6 rings (SSSR count). The minimum absolute atomic E-state index is 0.162. The predicted octanol–water partition coefficient (Wildman–Crippen LogP) is 5.09. The topological polar surface area (TPSA) is 24.9 Å². The molecule has 2 aromatic carbocycles. The summed E-state index contributed by atoms with van der Waals surface area (Å²) in [5.41, 5.74) is 3.89. The summed E-state index contributed by atoms with van der Waals surface area (Å²) in [5.74, 6) is -0.323. The lowest BCUT2D eigenvalue weighted by Crippen LogP contribution is -2.43. The smallest absolute Gasteiger partial charge is 0.123 e. The maximum absolute atomic E-state index is 13.8. The number of piperidine rings is 2. The molecule has 2 spiro atoms. The van der Waals surface area contributed by atoms with Crippen molar-refractivity contribution in [3.63, 3.8) is 0 Å². The third-order valence-electron chi connectivity index (χ3n) is 8.66. The van der Waals surface area contributed by atoms with Crippen molar-refractivity contribution in [2.24, 2.45) is 0 Å². The van der Waals surface area contributed by atoms with E-state index in [2.05, 4.69) is 9.80 Å². The molecule has 0 saturated carbocycles. The van der Waals surface area contributed by atoms with Crippen LogP contribution in [0.2, 0.25) is 0 Å². The van der Waals surface area contributed by atoms with E-state index in [1.807, 2.05) is 12.1 Å². The van der Waals surface area contributed by atoms with E-state index in [0.717, 1.165) is 87.2 Å². The van der Waals surface area contributed by atoms with Crippen molar-refractivity contribution in [2.75, 3.05) is 39.3 Å². The number of rotatable bonds is 5. The second kappa shape index (κ2) is 8.98. The molecule has 0 bridgehead atoms. The minimum atomic E-state index is -0.276. The van der Waals surface area contributed by atoms with E-state index in [9.17, 15) is 8.78 Å². The SMILES string of the molecule is Fc1ccc2c(c1)C1(CCN(CCCCN3CCC4(CC3)OCc3ccc(F)cc34)CC1)OC2. The van der Waals surface area contributed by atoms with Crippen molar-refractivity contribution in [3.8, 4) is 0 Å². The minimum Gasteiger partial charge on any atom is -0.365 e. The maximum atomic E-state index is 13.8. The number of nitrogens with zero attached hydrogens (tertiary/aromatic N) is 2. The van der Waals surface area contributed by atoms with Crippen LogP contribution in [0.25, 0.3) is 0 Å². The van der Waals surface area contributed by atoms with Crippen LogP contribution in [0.3, 0.4) is 0 Å². The van der Waals surface area contributed by atoms with E-state index in [4.69, 9.17) is 9.47 Å². The zero-order valence-electron chi connectivity index (χ0n) is 19.8. The number of likely N-dealkylation sites (tertiary alicyclic amines) is 2. The third kappa shape index (κ3) is 4.09. The molecule has 0 N–H and O–H groups in total. The average molecular weight is 469 g/mol. The molecule has 4 nitrogen and oxygen atoms in total. The fraction of sp³-hybridized carbons (Fsp3) is 0.571. The molecule has 0 radical (unpaired) electrons. The van der Waals surface area contributed by atoms with Gasteiger partial charge in [0.1, 0.15) is 11.6 Å². The van der Waals surface area contributed by atoms with E-state index < -0.39 is 0 Å². The molecule has 0 unspecified atom stereocenters. The summed E-state index contributed by atoms with van der Waals surface area (Å²) in [4.78, 5) is 5.07. The van der Waals surface area contributed by atoms with E-state index >= 15 is 0 Å². The molecule has 0 aliphatic carbocycles. The summed E-state index contributed by atoms with van der Waals surface area (Å²) in [7, 11) is 0. The molecule has 4 heterocycles. The fourth-order valence-electron chi connectivity index (χ4n) is 6.56. The predicted molar refractivity (Wildman–Crippen MR) is 126 cm³/mol. The van der Waals surface area contributed by atoms with E-state index in [0.29, 0.717) is 13.2 Å². The number of halogens is 2. The molecule has 4 aliphatic rings. The highest BCUT2D eigenvalue weighted by atomic mass is 19.1. The second-order valence-corrected chi connectivity index (χ2v) is 10.6. The normalized spacial score (nSPS) is 23.5. The number of hydrogen-bond donors (Lipinski definition) is 0. The molecule has 6 heteroatoms. The Morgan fingerprint density at radius 1 is 0.647 bits per heavy atom. The lowest BCUT2D eigenvalue weighted by molar-refractivity contribution is -0.0806. The van der Waals surface area contributed by atoms with Gasteiger partial charge in [0.2, 0.25) is 0 Å². The van der Waals surface area contributed by atoms with Gasteiger partial charge in [0.05, 0.1) is 24.4 Å². The molecule has 2 saturated heterocycles. The zero-order chi connectivity index (χ0) is 23.2. The quantitative estimate of drug-likeness (QED) is 0.571. The first-order valence-corrected chi connectivity index (χ1v) is 12.9. The first-order chi connectivity index (χ1) is 16.6. The van der Waals surface area contributed by atoms with Gasteiger partial charge in [0, 0.05) is 26.2 Å². The number of benzene rings is 2. The van der Waals surface area contributed by atoms with Gasteiger partial charge in [-0.25, -0.2) is 8.78 Å². The molecule has 0 aromatic heterocycles. The standard InChI is InChI=1S/C28H34F2N2O2/c29-23-5-3-21-19-33-27(25(21)17-23)7-13-31(14-8-27)11-1-2-12-32-15-9-28(10-16-32)26-18-24(30)6-4-22(26)20-34-28/h3-6,17-18H,1-2,7-16,19-20H2. The Hall–Kier alpha value is -1.86. The Bertz CT molecular complexity index is 959. The van der Waals surface area contributed by atoms with Crippen LogP contribution < -0.4 is 0 Å². The molecule has 0 atom stereocenters. The first kappa shape index (κ1) is 22.6. The molecule has 2 fully saturated rings. The number of fused-ring (bicyclic) bond motifs is 4. The second-order valence-electron chi connectivity index (χ2n) is 10.6. The van der Waals surface area contributed by atoms with Gasteiger partial charge in [-0.2, -0.15) is 0 Å². The summed E-state index contributed by atoms with van der Waals surface area (Å²) < 4.78 is 40.0.